The van der Waals surface area contributed by atoms with Crippen LogP contribution in [0.15, 0.2) is 54.1 Å². The quantitative estimate of drug-likeness (QED) is 0.452. The van der Waals surface area contributed by atoms with Gasteiger partial charge in [0, 0.05) is 0 Å². The fourth-order valence-corrected chi connectivity index (χ4v) is 2.31. The smallest absolute Gasteiger partial charge is 0.0225 e. The minimum Gasteiger partial charge on any atom is -0.0877 e. The van der Waals surface area contributed by atoms with Crippen molar-refractivity contribution in [2.45, 2.75) is 66.7 Å². The Morgan fingerprint density at radius 1 is 1.14 bits per heavy atom. The van der Waals surface area contributed by atoms with Crippen molar-refractivity contribution in [3.05, 3.63) is 59.7 Å². The molecular weight excluding hydrogens is 252 g/mol. The summed E-state index contributed by atoms with van der Waals surface area (Å²) < 4.78 is 0. The van der Waals surface area contributed by atoms with Gasteiger partial charge in [-0.15, -0.1) is 0 Å². The van der Waals surface area contributed by atoms with Gasteiger partial charge in [-0.3, -0.25) is 0 Å². The summed E-state index contributed by atoms with van der Waals surface area (Å²) in [5.74, 6) is 0.683. The molecular formula is C21H34. The van der Waals surface area contributed by atoms with Gasteiger partial charge in [0.15, 0.2) is 0 Å². The van der Waals surface area contributed by atoms with E-state index in [4.69, 9.17) is 0 Å². The lowest BCUT2D eigenvalue weighted by Gasteiger charge is -2.16. The molecule has 0 aliphatic carbocycles. The van der Waals surface area contributed by atoms with Gasteiger partial charge in [-0.1, -0.05) is 88.2 Å². The van der Waals surface area contributed by atoms with Crippen LogP contribution in [-0.2, 0) is 6.42 Å². The van der Waals surface area contributed by atoms with Crippen LogP contribution in [0.5, 0.6) is 0 Å². The van der Waals surface area contributed by atoms with Gasteiger partial charge in [-0.25, -0.2) is 0 Å². The number of hydrogen-bond acceptors (Lipinski definition) is 0. The Morgan fingerprint density at radius 3 is 2.38 bits per heavy atom. The van der Waals surface area contributed by atoms with Crippen LogP contribution in [-0.4, -0.2) is 0 Å². The average molecular weight is 287 g/mol. The summed E-state index contributed by atoms with van der Waals surface area (Å²) in [5.41, 5.74) is 3.06. The van der Waals surface area contributed by atoms with Gasteiger partial charge in [-0.2, -0.15) is 0 Å². The Bertz CT molecular complexity index is 384. The van der Waals surface area contributed by atoms with Gasteiger partial charge >= 0.3 is 0 Å². The van der Waals surface area contributed by atoms with Crippen molar-refractivity contribution < 1.29 is 0 Å². The molecule has 1 aromatic carbocycles. The Kier molecular flexibility index (Phi) is 12.8. The summed E-state index contributed by atoms with van der Waals surface area (Å²) in [4.78, 5) is 0. The molecule has 0 fully saturated rings. The number of rotatable bonds is 8. The van der Waals surface area contributed by atoms with Crippen LogP contribution in [0, 0.1) is 5.92 Å². The number of allylic oxidation sites excluding steroid dienone is 4. The van der Waals surface area contributed by atoms with Crippen molar-refractivity contribution in [2.24, 2.45) is 5.92 Å². The first-order chi connectivity index (χ1) is 10.3. The van der Waals surface area contributed by atoms with Gasteiger partial charge in [0.05, 0.1) is 0 Å². The van der Waals surface area contributed by atoms with Gasteiger partial charge < -0.3 is 0 Å². The first-order valence-electron chi connectivity index (χ1n) is 8.63. The molecule has 1 rings (SSSR count). The average Bonchev–Trinajstić information content (AvgIpc) is 2.55. The van der Waals surface area contributed by atoms with Crippen LogP contribution >= 0.6 is 0 Å². The fourth-order valence-electron chi connectivity index (χ4n) is 2.31. The minimum absolute atomic E-state index is 0.683. The van der Waals surface area contributed by atoms with Crippen LogP contribution in [0.1, 0.15) is 65.9 Å². The Balaban J connectivity index is 0.00000191. The maximum Gasteiger partial charge on any atom is -0.0225 e. The molecule has 0 nitrogen and oxygen atoms in total. The molecule has 0 heterocycles. The summed E-state index contributed by atoms with van der Waals surface area (Å²) in [6, 6.07) is 10.8. The molecule has 0 N–H and O–H groups in total. The largest absolute Gasteiger partial charge is 0.0877 e. The molecule has 0 radical (unpaired) electrons. The van der Waals surface area contributed by atoms with Crippen molar-refractivity contribution in [1.29, 1.82) is 0 Å². The van der Waals surface area contributed by atoms with Crippen molar-refractivity contribution in [3.63, 3.8) is 0 Å². The number of hydrogen-bond donors (Lipinski definition) is 0. The van der Waals surface area contributed by atoms with E-state index in [2.05, 4.69) is 69.3 Å². The van der Waals surface area contributed by atoms with Crippen LogP contribution in [0.4, 0.5) is 0 Å². The lowest BCUT2D eigenvalue weighted by molar-refractivity contribution is 0.577. The highest BCUT2D eigenvalue weighted by Gasteiger charge is 2.08. The Labute approximate surface area is 133 Å². The molecule has 0 saturated carbocycles. The maximum absolute atomic E-state index is 2.37. The lowest BCUT2D eigenvalue weighted by atomic mass is 9.90. The fraction of sp³-hybridized carbons (Fsp3) is 0.524. The number of benzene rings is 1. The molecule has 0 aliphatic heterocycles. The van der Waals surface area contributed by atoms with Crippen LogP contribution in [0.25, 0.3) is 0 Å². The summed E-state index contributed by atoms with van der Waals surface area (Å²) in [7, 11) is 0. The monoisotopic (exact) mass is 286 g/mol. The summed E-state index contributed by atoms with van der Waals surface area (Å²) in [6.07, 6.45) is 12.9. The van der Waals surface area contributed by atoms with Crippen molar-refractivity contribution in [2.75, 3.05) is 0 Å². The molecule has 0 aromatic heterocycles. The van der Waals surface area contributed by atoms with Gasteiger partial charge in [0.25, 0.3) is 0 Å². The van der Waals surface area contributed by atoms with E-state index < -0.39 is 0 Å². The SMILES string of the molecule is C/C=C\C=C(/CCCC)C(C)CCc1ccccc1.CC. The van der Waals surface area contributed by atoms with Crippen LogP contribution in [0.2, 0.25) is 0 Å². The highest BCUT2D eigenvalue weighted by molar-refractivity contribution is 5.17. The van der Waals surface area contributed by atoms with E-state index in [0.29, 0.717) is 5.92 Å². The number of aryl methyl sites for hydroxylation is 1. The zero-order chi connectivity index (χ0) is 15.9. The van der Waals surface area contributed by atoms with Crippen LogP contribution < -0.4 is 0 Å². The third kappa shape index (κ3) is 9.28. The van der Waals surface area contributed by atoms with Crippen molar-refractivity contribution >= 4 is 0 Å². The zero-order valence-electron chi connectivity index (χ0n) is 14.7. The number of unbranched alkanes of at least 4 members (excludes halogenated alkanes) is 1. The van der Waals surface area contributed by atoms with Gasteiger partial charge in [0.2, 0.25) is 0 Å². The van der Waals surface area contributed by atoms with E-state index in [1.807, 2.05) is 13.8 Å². The van der Waals surface area contributed by atoms with E-state index in [1.165, 1.54) is 37.7 Å². The van der Waals surface area contributed by atoms with Gasteiger partial charge in [-0.05, 0) is 44.1 Å². The molecule has 0 amide bonds. The molecule has 0 spiro atoms. The third-order valence-corrected chi connectivity index (χ3v) is 3.66. The highest BCUT2D eigenvalue weighted by Crippen LogP contribution is 2.22. The van der Waals surface area contributed by atoms with Crippen LogP contribution in [0.3, 0.4) is 0 Å². The van der Waals surface area contributed by atoms with Crippen molar-refractivity contribution in [1.82, 2.24) is 0 Å². The summed E-state index contributed by atoms with van der Waals surface area (Å²) in [6.45, 7) is 10.7. The standard InChI is InChI=1S/C19H28.C2H6/c1-4-6-13-19(14-7-5-2)17(3)15-16-18-11-9-8-10-12-18;1-2/h4,6,8-13,17H,5,7,14-16H2,1-3H3;1-2H3/b6-4-,19-13+;. The van der Waals surface area contributed by atoms with E-state index >= 15 is 0 Å². The molecule has 0 heteroatoms. The van der Waals surface area contributed by atoms with E-state index in [1.54, 1.807) is 5.57 Å². The first-order valence-corrected chi connectivity index (χ1v) is 8.63. The molecule has 0 aliphatic rings. The third-order valence-electron chi connectivity index (χ3n) is 3.66. The maximum atomic E-state index is 2.37. The topological polar surface area (TPSA) is 0 Å². The predicted molar refractivity (Wildman–Crippen MR) is 97.7 cm³/mol. The minimum atomic E-state index is 0.683. The lowest BCUT2D eigenvalue weighted by Crippen LogP contribution is -2.02. The van der Waals surface area contributed by atoms with E-state index in [0.717, 1.165) is 0 Å². The van der Waals surface area contributed by atoms with E-state index in [-0.39, 0.29) is 0 Å². The molecule has 1 unspecified atom stereocenters. The molecule has 118 valence electrons. The molecule has 21 heavy (non-hydrogen) atoms. The normalized spacial score (nSPS) is 12.9. The first kappa shape index (κ1) is 19.7. The van der Waals surface area contributed by atoms with Crippen molar-refractivity contribution in [3.8, 4) is 0 Å². The molecule has 0 saturated heterocycles. The zero-order valence-corrected chi connectivity index (χ0v) is 14.7. The Hall–Kier alpha value is -1.30. The second-order valence-electron chi connectivity index (χ2n) is 5.30. The van der Waals surface area contributed by atoms with Gasteiger partial charge in [0.1, 0.15) is 0 Å². The highest BCUT2D eigenvalue weighted by atomic mass is 14.1. The predicted octanol–water partition coefficient (Wildman–Crippen LogP) is 6.97. The summed E-state index contributed by atoms with van der Waals surface area (Å²) in [5, 5.41) is 0. The summed E-state index contributed by atoms with van der Waals surface area (Å²) >= 11 is 0. The molecule has 1 atom stereocenters. The van der Waals surface area contributed by atoms with E-state index in [9.17, 15) is 0 Å². The second-order valence-corrected chi connectivity index (χ2v) is 5.30. The second kappa shape index (κ2) is 13.7. The molecule has 0 bridgehead atoms. The molecule has 1 aromatic rings. The Morgan fingerprint density at radius 2 is 1.81 bits per heavy atom.